The van der Waals surface area contributed by atoms with E-state index in [1.807, 2.05) is 0 Å². The number of hydrogen-bond acceptors (Lipinski definition) is 2. The van der Waals surface area contributed by atoms with E-state index in [0.29, 0.717) is 11.3 Å². The fraction of sp³-hybridized carbons (Fsp3) is 0.231. The molecule has 5 heteroatoms. The number of hydrogen-bond donors (Lipinski definition) is 2. The molecule has 4 nitrogen and oxygen atoms in total. The second-order valence-corrected chi connectivity index (χ2v) is 4.15. The average molecular weight is 248 g/mol. The Morgan fingerprint density at radius 1 is 1.33 bits per heavy atom. The van der Waals surface area contributed by atoms with Gasteiger partial charge in [-0.25, -0.2) is 9.18 Å². The van der Waals surface area contributed by atoms with Crippen molar-refractivity contribution in [3.05, 3.63) is 46.9 Å². The molecule has 1 aromatic carbocycles. The van der Waals surface area contributed by atoms with Crippen LogP contribution in [-0.4, -0.2) is 11.8 Å². The Labute approximate surface area is 104 Å². The first kappa shape index (κ1) is 12.3. The molecule has 1 atom stereocenters. The first-order valence-electron chi connectivity index (χ1n) is 5.54. The average Bonchev–Trinajstić information content (AvgIpc) is 2.27. The maximum atomic E-state index is 13.8. The molecule has 0 saturated carbocycles. The Hall–Kier alpha value is -2.17. The predicted molar refractivity (Wildman–Crippen MR) is 64.2 cm³/mol. The maximum Gasteiger partial charge on any atom is 0.319 e. The van der Waals surface area contributed by atoms with E-state index in [-0.39, 0.29) is 11.3 Å². The molecular weight excluding hydrogens is 235 g/mol. The van der Waals surface area contributed by atoms with E-state index < -0.39 is 17.9 Å². The summed E-state index contributed by atoms with van der Waals surface area (Å²) in [5.41, 5.74) is 1.12. The number of rotatable bonds is 2. The molecule has 0 radical (unpaired) electrons. The minimum atomic E-state index is -0.738. The van der Waals surface area contributed by atoms with Gasteiger partial charge in [-0.3, -0.25) is 4.79 Å². The number of carbonyl (C=O) groups is 2. The summed E-state index contributed by atoms with van der Waals surface area (Å²) in [6.07, 6.45) is 0. The number of amides is 2. The molecule has 1 aliphatic heterocycles. The van der Waals surface area contributed by atoms with Crippen LogP contribution < -0.4 is 10.6 Å². The first-order valence-corrected chi connectivity index (χ1v) is 5.54. The summed E-state index contributed by atoms with van der Waals surface area (Å²) in [5.74, 6) is -0.649. The second-order valence-electron chi connectivity index (χ2n) is 4.15. The lowest BCUT2D eigenvalue weighted by atomic mass is 9.93. The molecule has 2 rings (SSSR count). The van der Waals surface area contributed by atoms with Crippen LogP contribution in [0.4, 0.5) is 9.18 Å². The van der Waals surface area contributed by atoms with Gasteiger partial charge in [0, 0.05) is 16.8 Å². The van der Waals surface area contributed by atoms with Crippen LogP contribution in [-0.2, 0) is 4.79 Å². The number of carbonyl (C=O) groups excluding carboxylic acids is 2. The van der Waals surface area contributed by atoms with Crippen LogP contribution in [0.25, 0.3) is 0 Å². The third-order valence-electron chi connectivity index (χ3n) is 2.86. The molecule has 94 valence electrons. The predicted octanol–water partition coefficient (Wildman–Crippen LogP) is 2.04. The van der Waals surface area contributed by atoms with Gasteiger partial charge < -0.3 is 10.6 Å². The third-order valence-corrected chi connectivity index (χ3v) is 2.86. The lowest BCUT2D eigenvalue weighted by molar-refractivity contribution is -0.114. The van der Waals surface area contributed by atoms with E-state index in [2.05, 4.69) is 10.6 Å². The molecule has 0 unspecified atom stereocenters. The molecule has 0 saturated heterocycles. The summed E-state index contributed by atoms with van der Waals surface area (Å²) in [4.78, 5) is 23.1. The van der Waals surface area contributed by atoms with Crippen molar-refractivity contribution in [2.24, 2.45) is 0 Å². The van der Waals surface area contributed by atoms with Crippen molar-refractivity contribution >= 4 is 11.8 Å². The van der Waals surface area contributed by atoms with Crippen molar-refractivity contribution in [1.29, 1.82) is 0 Å². The molecule has 0 spiro atoms. The minimum Gasteiger partial charge on any atom is -0.327 e. The number of nitrogens with one attached hydrogen (secondary N) is 2. The molecule has 2 amide bonds. The smallest absolute Gasteiger partial charge is 0.319 e. The summed E-state index contributed by atoms with van der Waals surface area (Å²) < 4.78 is 13.8. The van der Waals surface area contributed by atoms with Crippen LogP contribution in [0.15, 0.2) is 35.5 Å². The van der Waals surface area contributed by atoms with Crippen LogP contribution in [0.2, 0.25) is 0 Å². The van der Waals surface area contributed by atoms with Gasteiger partial charge in [-0.1, -0.05) is 18.2 Å². The van der Waals surface area contributed by atoms with E-state index in [0.717, 1.165) is 0 Å². The van der Waals surface area contributed by atoms with Gasteiger partial charge in [0.05, 0.1) is 6.04 Å². The van der Waals surface area contributed by atoms with Gasteiger partial charge in [0.1, 0.15) is 5.82 Å². The Morgan fingerprint density at radius 3 is 2.61 bits per heavy atom. The number of halogens is 1. The topological polar surface area (TPSA) is 58.2 Å². The summed E-state index contributed by atoms with van der Waals surface area (Å²) in [5, 5.41) is 5.08. The maximum absolute atomic E-state index is 13.8. The fourth-order valence-corrected chi connectivity index (χ4v) is 2.10. The van der Waals surface area contributed by atoms with Gasteiger partial charge in [0.15, 0.2) is 5.78 Å². The molecule has 18 heavy (non-hydrogen) atoms. The molecule has 0 bridgehead atoms. The zero-order valence-corrected chi connectivity index (χ0v) is 10.1. The van der Waals surface area contributed by atoms with Crippen molar-refractivity contribution < 1.29 is 14.0 Å². The molecule has 0 fully saturated rings. The van der Waals surface area contributed by atoms with E-state index >= 15 is 0 Å². The zero-order chi connectivity index (χ0) is 13.3. The van der Waals surface area contributed by atoms with Gasteiger partial charge in [0.2, 0.25) is 0 Å². The highest BCUT2D eigenvalue weighted by Crippen LogP contribution is 2.28. The molecule has 1 heterocycles. The van der Waals surface area contributed by atoms with E-state index in [1.54, 1.807) is 25.1 Å². The van der Waals surface area contributed by atoms with Crippen LogP contribution in [0.1, 0.15) is 25.5 Å². The number of urea groups is 1. The Balaban J connectivity index is 2.54. The van der Waals surface area contributed by atoms with E-state index in [4.69, 9.17) is 0 Å². The van der Waals surface area contributed by atoms with Crippen LogP contribution >= 0.6 is 0 Å². The third kappa shape index (κ3) is 2.11. The number of benzene rings is 1. The fourth-order valence-electron chi connectivity index (χ4n) is 2.10. The molecule has 2 N–H and O–H groups in total. The van der Waals surface area contributed by atoms with Crippen molar-refractivity contribution in [2.75, 3.05) is 0 Å². The number of Topliss-reactive ketones (excluding diaryl/α,β-unsaturated/α-hetero) is 1. The van der Waals surface area contributed by atoms with Gasteiger partial charge in [-0.15, -0.1) is 0 Å². The molecule has 0 aromatic heterocycles. The molecule has 1 aromatic rings. The summed E-state index contributed by atoms with van der Waals surface area (Å²) >= 11 is 0. The van der Waals surface area contributed by atoms with Crippen molar-refractivity contribution in [3.8, 4) is 0 Å². The number of allylic oxidation sites excluding steroid dienone is 1. The van der Waals surface area contributed by atoms with Crippen molar-refractivity contribution in [2.45, 2.75) is 19.9 Å². The molecule has 1 aliphatic rings. The quantitative estimate of drug-likeness (QED) is 0.841. The standard InChI is InChI=1S/C13H13FN2O2/c1-7-11(8(2)17)12(16-13(18)15-7)9-5-3-4-6-10(9)14/h3-6,12H,1-2H3,(H2,15,16,18)/t12-/m0/s1. The van der Waals surface area contributed by atoms with Crippen LogP contribution in [0.5, 0.6) is 0 Å². The second kappa shape index (κ2) is 4.60. The van der Waals surface area contributed by atoms with Gasteiger partial charge in [-0.05, 0) is 19.9 Å². The summed E-state index contributed by atoms with van der Waals surface area (Å²) in [6.45, 7) is 3.02. The Morgan fingerprint density at radius 2 is 2.00 bits per heavy atom. The highest BCUT2D eigenvalue weighted by Gasteiger charge is 2.30. The summed E-state index contributed by atoms with van der Waals surface area (Å²) in [7, 11) is 0. The van der Waals surface area contributed by atoms with Crippen LogP contribution in [0.3, 0.4) is 0 Å². The van der Waals surface area contributed by atoms with Crippen molar-refractivity contribution in [3.63, 3.8) is 0 Å². The highest BCUT2D eigenvalue weighted by atomic mass is 19.1. The van der Waals surface area contributed by atoms with Gasteiger partial charge in [0.25, 0.3) is 0 Å². The van der Waals surface area contributed by atoms with Crippen LogP contribution in [0, 0.1) is 5.82 Å². The number of ketones is 1. The van der Waals surface area contributed by atoms with E-state index in [9.17, 15) is 14.0 Å². The van der Waals surface area contributed by atoms with Gasteiger partial charge in [-0.2, -0.15) is 0 Å². The van der Waals surface area contributed by atoms with Crippen molar-refractivity contribution in [1.82, 2.24) is 10.6 Å². The van der Waals surface area contributed by atoms with Gasteiger partial charge >= 0.3 is 6.03 Å². The zero-order valence-electron chi connectivity index (χ0n) is 10.1. The highest BCUT2D eigenvalue weighted by molar-refractivity contribution is 5.98. The molecule has 0 aliphatic carbocycles. The monoisotopic (exact) mass is 248 g/mol. The summed E-state index contributed by atoms with van der Waals surface area (Å²) in [6, 6.07) is 4.91. The molecular formula is C13H13FN2O2. The first-order chi connectivity index (χ1) is 8.50. The SMILES string of the molecule is CC(=O)C1=C(C)NC(=O)N[C@H]1c1ccccc1F. The minimum absolute atomic E-state index is 0.201. The lowest BCUT2D eigenvalue weighted by Gasteiger charge is -2.28. The Bertz CT molecular complexity index is 552. The van der Waals surface area contributed by atoms with E-state index in [1.165, 1.54) is 13.0 Å². The largest absolute Gasteiger partial charge is 0.327 e. The lowest BCUT2D eigenvalue weighted by Crippen LogP contribution is -2.45. The Kier molecular flexibility index (Phi) is 3.14. The normalized spacial score (nSPS) is 19.3.